The highest BCUT2D eigenvalue weighted by Crippen LogP contribution is 2.38. The molecule has 0 bridgehead atoms. The van der Waals surface area contributed by atoms with E-state index in [9.17, 15) is 9.90 Å². The van der Waals surface area contributed by atoms with Gasteiger partial charge < -0.3 is 9.84 Å². The highest BCUT2D eigenvalue weighted by Gasteiger charge is 2.26. The third kappa shape index (κ3) is 2.86. The van der Waals surface area contributed by atoms with E-state index in [4.69, 9.17) is 0 Å². The summed E-state index contributed by atoms with van der Waals surface area (Å²) in [6.45, 7) is 1.95. The number of hydrogen-bond acceptors (Lipinski definition) is 3. The summed E-state index contributed by atoms with van der Waals surface area (Å²) >= 11 is 0. The Morgan fingerprint density at radius 2 is 2.24 bits per heavy atom. The highest BCUT2D eigenvalue weighted by molar-refractivity contribution is 5.89. The molecular weight excluding hydrogens is 216 g/mol. The molecule has 17 heavy (non-hydrogen) atoms. The number of hydrogen-bond donors (Lipinski definition) is 1. The lowest BCUT2D eigenvalue weighted by atomic mass is 9.97. The zero-order valence-electron chi connectivity index (χ0n) is 10.3. The number of aliphatic hydroxyl groups excluding tert-OH is 1. The Labute approximate surface area is 101 Å². The molecule has 0 aliphatic heterocycles. The van der Waals surface area contributed by atoms with Crippen molar-refractivity contribution in [1.29, 1.82) is 0 Å². The Hall–Kier alpha value is -1.35. The van der Waals surface area contributed by atoms with Crippen LogP contribution >= 0.6 is 0 Å². The minimum Gasteiger partial charge on any atom is -0.465 e. The van der Waals surface area contributed by atoms with Crippen LogP contribution in [-0.2, 0) is 4.74 Å². The van der Waals surface area contributed by atoms with Crippen molar-refractivity contribution in [3.63, 3.8) is 0 Å². The van der Waals surface area contributed by atoms with Crippen LogP contribution < -0.4 is 0 Å². The van der Waals surface area contributed by atoms with Crippen LogP contribution in [-0.4, -0.2) is 18.2 Å². The zero-order valence-corrected chi connectivity index (χ0v) is 10.3. The van der Waals surface area contributed by atoms with Crippen LogP contribution in [0.3, 0.4) is 0 Å². The quantitative estimate of drug-likeness (QED) is 0.814. The van der Waals surface area contributed by atoms with Gasteiger partial charge in [0.15, 0.2) is 0 Å². The van der Waals surface area contributed by atoms with Crippen molar-refractivity contribution in [1.82, 2.24) is 0 Å². The van der Waals surface area contributed by atoms with Gasteiger partial charge in [-0.25, -0.2) is 4.79 Å². The topological polar surface area (TPSA) is 46.5 Å². The summed E-state index contributed by atoms with van der Waals surface area (Å²) in [6, 6.07) is 5.33. The van der Waals surface area contributed by atoms with Crippen molar-refractivity contribution in [2.24, 2.45) is 5.92 Å². The van der Waals surface area contributed by atoms with E-state index in [0.717, 1.165) is 17.5 Å². The van der Waals surface area contributed by atoms with Crippen LogP contribution in [0.25, 0.3) is 0 Å². The number of methoxy groups -OCH3 is 1. The molecule has 0 spiro atoms. The van der Waals surface area contributed by atoms with Gasteiger partial charge in [-0.2, -0.15) is 0 Å². The van der Waals surface area contributed by atoms with E-state index in [1.807, 2.05) is 13.0 Å². The van der Waals surface area contributed by atoms with Crippen molar-refractivity contribution in [3.8, 4) is 0 Å². The molecule has 1 unspecified atom stereocenters. The first-order chi connectivity index (χ1) is 8.11. The minimum atomic E-state index is -0.466. The smallest absolute Gasteiger partial charge is 0.337 e. The number of aryl methyl sites for hydroxylation is 1. The van der Waals surface area contributed by atoms with Gasteiger partial charge in [0.05, 0.1) is 18.8 Å². The average Bonchev–Trinajstić information content (AvgIpc) is 3.12. The van der Waals surface area contributed by atoms with Crippen LogP contribution in [0.15, 0.2) is 18.2 Å². The normalized spacial score (nSPS) is 16.6. The molecule has 1 saturated carbocycles. The first-order valence-electron chi connectivity index (χ1n) is 5.98. The molecule has 1 N–H and O–H groups in total. The van der Waals surface area contributed by atoms with Crippen molar-refractivity contribution in [2.45, 2.75) is 32.3 Å². The number of rotatable bonds is 4. The minimum absolute atomic E-state index is 0.357. The standard InChI is InChI=1S/C14H18O3/c1-9-3-6-11(14(16)17-2)8-12(9)13(15)7-10-4-5-10/h3,6,8,10,13,15H,4-5,7H2,1-2H3. The fourth-order valence-electron chi connectivity index (χ4n) is 2.04. The molecule has 1 atom stereocenters. The summed E-state index contributed by atoms with van der Waals surface area (Å²) < 4.78 is 4.68. The fourth-order valence-corrected chi connectivity index (χ4v) is 2.04. The van der Waals surface area contributed by atoms with Crippen LogP contribution in [0, 0.1) is 12.8 Å². The number of aliphatic hydroxyl groups is 1. The maximum Gasteiger partial charge on any atom is 0.337 e. The second-order valence-electron chi connectivity index (χ2n) is 4.76. The maximum atomic E-state index is 11.4. The number of esters is 1. The summed E-state index contributed by atoms with van der Waals surface area (Å²) in [7, 11) is 1.36. The third-order valence-corrected chi connectivity index (χ3v) is 3.31. The molecule has 0 radical (unpaired) electrons. The molecule has 1 fully saturated rings. The average molecular weight is 234 g/mol. The number of ether oxygens (including phenoxy) is 1. The van der Waals surface area contributed by atoms with Crippen molar-refractivity contribution in [3.05, 3.63) is 34.9 Å². The van der Waals surface area contributed by atoms with Gasteiger partial charge in [-0.05, 0) is 42.5 Å². The predicted molar refractivity (Wildman–Crippen MR) is 64.8 cm³/mol. The van der Waals surface area contributed by atoms with E-state index in [1.165, 1.54) is 20.0 Å². The molecule has 0 amide bonds. The van der Waals surface area contributed by atoms with Gasteiger partial charge in [0, 0.05) is 0 Å². The van der Waals surface area contributed by atoms with Gasteiger partial charge in [0.1, 0.15) is 0 Å². The van der Waals surface area contributed by atoms with Crippen LogP contribution in [0.5, 0.6) is 0 Å². The largest absolute Gasteiger partial charge is 0.465 e. The molecular formula is C14H18O3. The lowest BCUT2D eigenvalue weighted by Crippen LogP contribution is -2.06. The van der Waals surface area contributed by atoms with E-state index < -0.39 is 6.10 Å². The second-order valence-corrected chi connectivity index (χ2v) is 4.76. The lowest BCUT2D eigenvalue weighted by molar-refractivity contribution is 0.0600. The van der Waals surface area contributed by atoms with E-state index in [-0.39, 0.29) is 5.97 Å². The molecule has 3 nitrogen and oxygen atoms in total. The predicted octanol–water partition coefficient (Wildman–Crippen LogP) is 2.62. The summed E-state index contributed by atoms with van der Waals surface area (Å²) in [6.07, 6.45) is 2.76. The molecule has 3 heteroatoms. The van der Waals surface area contributed by atoms with E-state index in [0.29, 0.717) is 11.5 Å². The second kappa shape index (κ2) is 4.88. The van der Waals surface area contributed by atoms with Crippen molar-refractivity contribution < 1.29 is 14.6 Å². The molecule has 2 rings (SSSR count). The van der Waals surface area contributed by atoms with Crippen LogP contribution in [0.4, 0.5) is 0 Å². The first-order valence-corrected chi connectivity index (χ1v) is 5.98. The van der Waals surface area contributed by atoms with E-state index in [1.54, 1.807) is 12.1 Å². The summed E-state index contributed by atoms with van der Waals surface area (Å²) in [4.78, 5) is 11.4. The Bertz CT molecular complexity index is 421. The summed E-state index contributed by atoms with van der Waals surface area (Å²) in [5.74, 6) is 0.302. The molecule has 1 aromatic rings. The SMILES string of the molecule is COC(=O)c1ccc(C)c(C(O)CC2CC2)c1. The number of carbonyl (C=O) groups is 1. The van der Waals surface area contributed by atoms with Gasteiger partial charge in [0.2, 0.25) is 0 Å². The number of benzene rings is 1. The lowest BCUT2D eigenvalue weighted by Gasteiger charge is -2.14. The third-order valence-electron chi connectivity index (χ3n) is 3.31. The summed E-state index contributed by atoms with van der Waals surface area (Å²) in [5, 5.41) is 10.1. The Morgan fingerprint density at radius 1 is 1.53 bits per heavy atom. The van der Waals surface area contributed by atoms with Gasteiger partial charge in [-0.3, -0.25) is 0 Å². The van der Waals surface area contributed by atoms with Gasteiger partial charge in [0.25, 0.3) is 0 Å². The molecule has 92 valence electrons. The highest BCUT2D eigenvalue weighted by atomic mass is 16.5. The Kier molecular flexibility index (Phi) is 3.48. The van der Waals surface area contributed by atoms with Gasteiger partial charge in [-0.1, -0.05) is 18.9 Å². The molecule has 0 aromatic heterocycles. The first kappa shape index (κ1) is 12.1. The van der Waals surface area contributed by atoms with Gasteiger partial charge >= 0.3 is 5.97 Å². The van der Waals surface area contributed by atoms with Crippen molar-refractivity contribution in [2.75, 3.05) is 7.11 Å². The van der Waals surface area contributed by atoms with Crippen LogP contribution in [0.2, 0.25) is 0 Å². The van der Waals surface area contributed by atoms with E-state index >= 15 is 0 Å². The molecule has 1 aliphatic carbocycles. The Morgan fingerprint density at radius 3 is 2.82 bits per heavy atom. The molecule has 1 aromatic carbocycles. The molecule has 1 aliphatic rings. The summed E-state index contributed by atoms with van der Waals surface area (Å²) in [5.41, 5.74) is 2.37. The molecule has 0 saturated heterocycles. The van der Waals surface area contributed by atoms with E-state index in [2.05, 4.69) is 4.74 Å². The number of carbonyl (C=O) groups excluding carboxylic acids is 1. The molecule has 0 heterocycles. The van der Waals surface area contributed by atoms with Gasteiger partial charge in [-0.15, -0.1) is 0 Å². The fraction of sp³-hybridized carbons (Fsp3) is 0.500. The maximum absolute atomic E-state index is 11.4. The Balaban J connectivity index is 2.21. The van der Waals surface area contributed by atoms with Crippen molar-refractivity contribution >= 4 is 5.97 Å². The van der Waals surface area contributed by atoms with Crippen LogP contribution in [0.1, 0.15) is 46.9 Å². The monoisotopic (exact) mass is 234 g/mol. The zero-order chi connectivity index (χ0) is 12.4.